The first-order chi connectivity index (χ1) is 8.84. The average Bonchev–Trinajstić information content (AvgIpc) is 2.42. The fourth-order valence-corrected chi connectivity index (χ4v) is 3.75. The third-order valence-corrected chi connectivity index (χ3v) is 4.74. The van der Waals surface area contributed by atoms with Crippen molar-refractivity contribution in [2.24, 2.45) is 5.92 Å². The molecule has 1 heteroatoms. The highest BCUT2D eigenvalue weighted by molar-refractivity contribution is 5.81. The minimum Gasteiger partial charge on any atom is -0.299 e. The number of hydrogen-bond acceptors (Lipinski definition) is 1. The molecule has 1 saturated carbocycles. The van der Waals surface area contributed by atoms with E-state index < -0.39 is 0 Å². The second-order valence-electron chi connectivity index (χ2n) is 5.93. The van der Waals surface area contributed by atoms with Crippen LogP contribution >= 0.6 is 0 Å². The van der Waals surface area contributed by atoms with Gasteiger partial charge in [-0.05, 0) is 55.6 Å². The zero-order valence-corrected chi connectivity index (χ0v) is 11.0. The van der Waals surface area contributed by atoms with Crippen LogP contribution in [0.3, 0.4) is 0 Å². The summed E-state index contributed by atoms with van der Waals surface area (Å²) in [6.07, 6.45) is 9.25. The van der Waals surface area contributed by atoms with Crippen molar-refractivity contribution in [1.82, 2.24) is 0 Å². The minimum absolute atomic E-state index is 0.356. The Bertz CT molecular complexity index is 435. The Morgan fingerprint density at radius 1 is 0.944 bits per heavy atom. The zero-order chi connectivity index (χ0) is 12.4. The standard InChI is InChI=1S/C17H22O/c18-17-11-4-2-7-15(17)12-14-9-5-8-13-6-1-3-10-16(13)14/h1,3,6,10,14-15H,2,4-5,7-9,11-12H2. The molecule has 0 heterocycles. The van der Waals surface area contributed by atoms with Gasteiger partial charge in [0.15, 0.2) is 0 Å². The summed E-state index contributed by atoms with van der Waals surface area (Å²) in [6, 6.07) is 8.85. The first kappa shape index (κ1) is 12.0. The molecule has 0 aromatic heterocycles. The van der Waals surface area contributed by atoms with Crippen LogP contribution in [0.4, 0.5) is 0 Å². The van der Waals surface area contributed by atoms with Crippen LogP contribution in [0.5, 0.6) is 0 Å². The van der Waals surface area contributed by atoms with Crippen molar-refractivity contribution < 1.29 is 4.79 Å². The van der Waals surface area contributed by atoms with E-state index in [9.17, 15) is 4.79 Å². The predicted octanol–water partition coefficient (Wildman–Crippen LogP) is 4.26. The molecule has 1 aromatic carbocycles. The summed E-state index contributed by atoms with van der Waals surface area (Å²) in [5, 5.41) is 0. The summed E-state index contributed by atoms with van der Waals surface area (Å²) in [7, 11) is 0. The highest BCUT2D eigenvalue weighted by Crippen LogP contribution is 2.38. The predicted molar refractivity (Wildman–Crippen MR) is 73.7 cm³/mol. The number of carbonyl (C=O) groups is 1. The van der Waals surface area contributed by atoms with E-state index in [4.69, 9.17) is 0 Å². The molecule has 96 valence electrons. The lowest BCUT2D eigenvalue weighted by atomic mass is 9.74. The molecule has 18 heavy (non-hydrogen) atoms. The molecule has 0 N–H and O–H groups in total. The van der Waals surface area contributed by atoms with Gasteiger partial charge >= 0.3 is 0 Å². The highest BCUT2D eigenvalue weighted by atomic mass is 16.1. The number of ketones is 1. The first-order valence-electron chi connectivity index (χ1n) is 7.45. The molecule has 0 saturated heterocycles. The minimum atomic E-state index is 0.356. The molecule has 2 atom stereocenters. The summed E-state index contributed by atoms with van der Waals surface area (Å²) in [5.41, 5.74) is 3.05. The second-order valence-corrected chi connectivity index (χ2v) is 5.93. The smallest absolute Gasteiger partial charge is 0.135 e. The topological polar surface area (TPSA) is 17.1 Å². The fraction of sp³-hybridized carbons (Fsp3) is 0.588. The summed E-state index contributed by atoms with van der Waals surface area (Å²) in [4.78, 5) is 12.0. The number of hydrogen-bond donors (Lipinski definition) is 0. The fourth-order valence-electron chi connectivity index (χ4n) is 3.75. The van der Waals surface area contributed by atoms with E-state index in [-0.39, 0.29) is 0 Å². The average molecular weight is 242 g/mol. The van der Waals surface area contributed by atoms with Crippen LogP contribution in [0.2, 0.25) is 0 Å². The molecule has 0 amide bonds. The Morgan fingerprint density at radius 3 is 2.67 bits per heavy atom. The van der Waals surface area contributed by atoms with Gasteiger partial charge in [-0.15, -0.1) is 0 Å². The molecule has 2 aliphatic carbocycles. The number of aryl methyl sites for hydroxylation is 1. The normalized spacial score (nSPS) is 27.9. The molecule has 0 radical (unpaired) electrons. The van der Waals surface area contributed by atoms with E-state index in [0.29, 0.717) is 17.6 Å². The number of benzene rings is 1. The molecule has 0 spiro atoms. The Kier molecular flexibility index (Phi) is 3.49. The molecule has 0 aliphatic heterocycles. The maximum atomic E-state index is 12.0. The molecule has 0 bridgehead atoms. The molecule has 1 fully saturated rings. The van der Waals surface area contributed by atoms with Crippen LogP contribution in [0.25, 0.3) is 0 Å². The van der Waals surface area contributed by atoms with Gasteiger partial charge in [-0.2, -0.15) is 0 Å². The van der Waals surface area contributed by atoms with Crippen LogP contribution in [0, 0.1) is 5.92 Å². The van der Waals surface area contributed by atoms with E-state index in [0.717, 1.165) is 25.7 Å². The van der Waals surface area contributed by atoms with Gasteiger partial charge in [0.1, 0.15) is 5.78 Å². The van der Waals surface area contributed by atoms with Crippen LogP contribution in [-0.2, 0) is 11.2 Å². The van der Waals surface area contributed by atoms with Crippen LogP contribution in [-0.4, -0.2) is 5.78 Å². The Hall–Kier alpha value is -1.11. The second kappa shape index (κ2) is 5.26. The Balaban J connectivity index is 1.75. The molecular weight excluding hydrogens is 220 g/mol. The summed E-state index contributed by atoms with van der Waals surface area (Å²) >= 11 is 0. The van der Waals surface area contributed by atoms with Crippen molar-refractivity contribution in [3.05, 3.63) is 35.4 Å². The SMILES string of the molecule is O=C1CCCCC1CC1CCCc2ccccc21. The molecular formula is C17H22O. The summed E-state index contributed by atoms with van der Waals surface area (Å²) < 4.78 is 0. The van der Waals surface area contributed by atoms with Crippen molar-refractivity contribution >= 4 is 5.78 Å². The lowest BCUT2D eigenvalue weighted by Gasteiger charge is -2.30. The number of carbonyl (C=O) groups excluding carboxylic acids is 1. The van der Waals surface area contributed by atoms with Gasteiger partial charge < -0.3 is 0 Å². The van der Waals surface area contributed by atoms with Gasteiger partial charge in [0.2, 0.25) is 0 Å². The number of rotatable bonds is 2. The summed E-state index contributed by atoms with van der Waals surface area (Å²) in [5.74, 6) is 1.53. The van der Waals surface area contributed by atoms with E-state index >= 15 is 0 Å². The first-order valence-corrected chi connectivity index (χ1v) is 7.45. The van der Waals surface area contributed by atoms with Gasteiger partial charge in [-0.3, -0.25) is 4.79 Å². The van der Waals surface area contributed by atoms with Crippen molar-refractivity contribution in [2.75, 3.05) is 0 Å². The highest BCUT2D eigenvalue weighted by Gasteiger charge is 2.28. The molecule has 2 unspecified atom stereocenters. The van der Waals surface area contributed by atoms with Crippen molar-refractivity contribution in [3.63, 3.8) is 0 Å². The van der Waals surface area contributed by atoms with Crippen molar-refractivity contribution in [2.45, 2.75) is 57.3 Å². The van der Waals surface area contributed by atoms with Crippen LogP contribution < -0.4 is 0 Å². The third-order valence-electron chi connectivity index (χ3n) is 4.74. The lowest BCUT2D eigenvalue weighted by molar-refractivity contribution is -0.124. The molecule has 1 aromatic rings. The maximum Gasteiger partial charge on any atom is 0.135 e. The molecule has 2 aliphatic rings. The number of Topliss-reactive ketones (excluding diaryl/α,β-unsaturated/α-hetero) is 1. The number of fused-ring (bicyclic) bond motifs is 1. The third kappa shape index (κ3) is 2.36. The van der Waals surface area contributed by atoms with E-state index in [2.05, 4.69) is 24.3 Å². The largest absolute Gasteiger partial charge is 0.299 e. The quantitative estimate of drug-likeness (QED) is 0.757. The van der Waals surface area contributed by atoms with E-state index in [1.165, 1.54) is 36.8 Å². The lowest BCUT2D eigenvalue weighted by Crippen LogP contribution is -2.22. The van der Waals surface area contributed by atoms with Gasteiger partial charge in [-0.1, -0.05) is 30.7 Å². The monoisotopic (exact) mass is 242 g/mol. The summed E-state index contributed by atoms with van der Waals surface area (Å²) in [6.45, 7) is 0. The Morgan fingerprint density at radius 2 is 1.78 bits per heavy atom. The van der Waals surface area contributed by atoms with Crippen molar-refractivity contribution in [3.8, 4) is 0 Å². The van der Waals surface area contributed by atoms with E-state index in [1.54, 1.807) is 0 Å². The van der Waals surface area contributed by atoms with E-state index in [1.807, 2.05) is 0 Å². The van der Waals surface area contributed by atoms with Gasteiger partial charge in [0, 0.05) is 12.3 Å². The molecule has 1 nitrogen and oxygen atoms in total. The maximum absolute atomic E-state index is 12.0. The zero-order valence-electron chi connectivity index (χ0n) is 11.0. The Labute approximate surface area is 110 Å². The van der Waals surface area contributed by atoms with Gasteiger partial charge in [-0.25, -0.2) is 0 Å². The van der Waals surface area contributed by atoms with Crippen molar-refractivity contribution in [1.29, 1.82) is 0 Å². The van der Waals surface area contributed by atoms with Gasteiger partial charge in [0.25, 0.3) is 0 Å². The molecule has 3 rings (SSSR count). The van der Waals surface area contributed by atoms with Crippen LogP contribution in [0.1, 0.15) is 62.0 Å². The van der Waals surface area contributed by atoms with Crippen LogP contribution in [0.15, 0.2) is 24.3 Å². The van der Waals surface area contributed by atoms with Gasteiger partial charge in [0.05, 0.1) is 0 Å².